The van der Waals surface area contributed by atoms with E-state index in [0.29, 0.717) is 0 Å². The smallest absolute Gasteiger partial charge is 0.127 e. The lowest BCUT2D eigenvalue weighted by atomic mass is 9.87. The van der Waals surface area contributed by atoms with E-state index in [1.54, 1.807) is 12.1 Å². The number of hydrogen-bond donors (Lipinski definition) is 1. The molecule has 0 bridgehead atoms. The maximum atomic E-state index is 13.8. The molecule has 1 aromatic heterocycles. The molecule has 0 atom stereocenters. The summed E-state index contributed by atoms with van der Waals surface area (Å²) in [7, 11) is 0. The van der Waals surface area contributed by atoms with Crippen molar-refractivity contribution in [2.24, 2.45) is 0 Å². The number of nitrogens with zero attached hydrogens (tertiary/aromatic N) is 1. The van der Waals surface area contributed by atoms with E-state index in [9.17, 15) is 9.50 Å². The largest absolute Gasteiger partial charge is 0.488 e. The van der Waals surface area contributed by atoms with E-state index in [-0.39, 0.29) is 30.9 Å². The van der Waals surface area contributed by atoms with Gasteiger partial charge in [0.2, 0.25) is 0 Å². The predicted octanol–water partition coefficient (Wildman–Crippen LogP) is 7.87. The molecule has 0 spiro atoms. The van der Waals surface area contributed by atoms with E-state index in [1.807, 2.05) is 42.5 Å². The molecular formula is C31H32FNO2. The van der Waals surface area contributed by atoms with Gasteiger partial charge in [0.1, 0.15) is 18.2 Å². The number of rotatable bonds is 8. The third kappa shape index (κ3) is 5.28. The zero-order chi connectivity index (χ0) is 24.9. The molecule has 4 rings (SSSR count). The molecule has 0 saturated heterocycles. The molecule has 1 heterocycles. The van der Waals surface area contributed by atoms with E-state index in [2.05, 4.69) is 39.8 Å². The van der Waals surface area contributed by atoms with Gasteiger partial charge >= 0.3 is 0 Å². The number of ether oxygens (including phenoxy) is 1. The molecule has 180 valence electrons. The Bertz CT molecular complexity index is 1280. The molecule has 3 aromatic carbocycles. The van der Waals surface area contributed by atoms with Crippen molar-refractivity contribution in [2.45, 2.75) is 52.7 Å². The summed E-state index contributed by atoms with van der Waals surface area (Å²) in [6, 6.07) is 24.6. The lowest BCUT2D eigenvalue weighted by Crippen LogP contribution is -2.14. The first kappa shape index (κ1) is 24.6. The van der Waals surface area contributed by atoms with Gasteiger partial charge in [0.25, 0.3) is 0 Å². The molecule has 0 aliphatic rings. The van der Waals surface area contributed by atoms with Gasteiger partial charge in [-0.2, -0.15) is 0 Å². The first-order valence-corrected chi connectivity index (χ1v) is 12.1. The standard InChI is InChI=1S/C31H32FNO2/c1-20(2)30-26(18-34)29(23-14-16-24(32)17-15-23)27(31(33-30)21(3)4)19-35-28-13-9-8-12-25(28)22-10-6-5-7-11-22/h5-17,20-21,34H,18-19H2,1-4H3. The topological polar surface area (TPSA) is 42.4 Å². The number of aliphatic hydroxyl groups excluding tert-OH is 1. The van der Waals surface area contributed by atoms with Crippen LogP contribution in [0.4, 0.5) is 4.39 Å². The highest BCUT2D eigenvalue weighted by Gasteiger charge is 2.24. The summed E-state index contributed by atoms with van der Waals surface area (Å²) in [5.74, 6) is 0.748. The Morgan fingerprint density at radius 3 is 1.97 bits per heavy atom. The molecule has 0 fully saturated rings. The Labute approximate surface area is 207 Å². The van der Waals surface area contributed by atoms with Crippen molar-refractivity contribution < 1.29 is 14.2 Å². The summed E-state index contributed by atoms with van der Waals surface area (Å²) >= 11 is 0. The average Bonchev–Trinajstić information content (AvgIpc) is 2.87. The van der Waals surface area contributed by atoms with Crippen molar-refractivity contribution >= 4 is 0 Å². The summed E-state index contributed by atoms with van der Waals surface area (Å²) in [4.78, 5) is 5.03. The molecule has 0 unspecified atom stereocenters. The monoisotopic (exact) mass is 469 g/mol. The fraction of sp³-hybridized carbons (Fsp3) is 0.258. The van der Waals surface area contributed by atoms with Gasteiger partial charge < -0.3 is 9.84 Å². The molecule has 0 saturated carbocycles. The highest BCUT2D eigenvalue weighted by Crippen LogP contribution is 2.38. The Hall–Kier alpha value is -3.50. The quantitative estimate of drug-likeness (QED) is 0.285. The number of aromatic nitrogens is 1. The zero-order valence-electron chi connectivity index (χ0n) is 20.8. The normalized spacial score (nSPS) is 11.3. The van der Waals surface area contributed by atoms with Crippen LogP contribution in [0.2, 0.25) is 0 Å². The third-order valence-electron chi connectivity index (χ3n) is 6.19. The Kier molecular flexibility index (Phi) is 7.62. The Morgan fingerprint density at radius 2 is 1.34 bits per heavy atom. The number of benzene rings is 3. The minimum atomic E-state index is -0.295. The SMILES string of the molecule is CC(C)c1nc(C(C)C)c(COc2ccccc2-c2ccccc2)c(-c2ccc(F)cc2)c1CO. The van der Waals surface area contributed by atoms with Gasteiger partial charge in [-0.15, -0.1) is 0 Å². The van der Waals surface area contributed by atoms with Crippen LogP contribution in [0.25, 0.3) is 22.3 Å². The number of halogens is 1. The van der Waals surface area contributed by atoms with Gasteiger partial charge in [-0.25, -0.2) is 4.39 Å². The molecule has 3 nitrogen and oxygen atoms in total. The van der Waals surface area contributed by atoms with E-state index in [4.69, 9.17) is 9.72 Å². The lowest BCUT2D eigenvalue weighted by molar-refractivity contribution is 0.278. The Balaban J connectivity index is 1.87. The number of aliphatic hydroxyl groups is 1. The van der Waals surface area contributed by atoms with Gasteiger partial charge in [0, 0.05) is 22.4 Å². The van der Waals surface area contributed by atoms with E-state index in [0.717, 1.165) is 50.5 Å². The average molecular weight is 470 g/mol. The van der Waals surface area contributed by atoms with Crippen LogP contribution in [0.1, 0.15) is 62.0 Å². The van der Waals surface area contributed by atoms with Crippen LogP contribution in [0.5, 0.6) is 5.75 Å². The number of para-hydroxylation sites is 1. The third-order valence-corrected chi connectivity index (χ3v) is 6.19. The molecule has 0 aliphatic heterocycles. The summed E-state index contributed by atoms with van der Waals surface area (Å²) in [6.07, 6.45) is 0. The maximum Gasteiger partial charge on any atom is 0.127 e. The van der Waals surface area contributed by atoms with Crippen LogP contribution in [0.15, 0.2) is 78.9 Å². The van der Waals surface area contributed by atoms with Gasteiger partial charge in [-0.1, -0.05) is 88.4 Å². The van der Waals surface area contributed by atoms with E-state index >= 15 is 0 Å². The Morgan fingerprint density at radius 1 is 0.743 bits per heavy atom. The lowest BCUT2D eigenvalue weighted by Gasteiger charge is -2.24. The maximum absolute atomic E-state index is 13.8. The van der Waals surface area contributed by atoms with E-state index < -0.39 is 0 Å². The van der Waals surface area contributed by atoms with E-state index in [1.165, 1.54) is 12.1 Å². The minimum Gasteiger partial charge on any atom is -0.488 e. The molecule has 0 amide bonds. The van der Waals surface area contributed by atoms with Crippen molar-refractivity contribution in [3.63, 3.8) is 0 Å². The van der Waals surface area contributed by atoms with Gasteiger partial charge in [-0.05, 0) is 46.7 Å². The summed E-state index contributed by atoms with van der Waals surface area (Å²) in [5.41, 5.74) is 7.30. The zero-order valence-corrected chi connectivity index (χ0v) is 20.8. The minimum absolute atomic E-state index is 0.127. The van der Waals surface area contributed by atoms with Gasteiger partial charge in [-0.3, -0.25) is 4.98 Å². The molecule has 4 heteroatoms. The second-order valence-electron chi connectivity index (χ2n) is 9.34. The van der Waals surface area contributed by atoms with Crippen molar-refractivity contribution in [3.05, 3.63) is 107 Å². The molecule has 35 heavy (non-hydrogen) atoms. The summed E-state index contributed by atoms with van der Waals surface area (Å²) in [5, 5.41) is 10.4. The fourth-order valence-corrected chi connectivity index (χ4v) is 4.53. The van der Waals surface area contributed by atoms with Crippen molar-refractivity contribution in [1.29, 1.82) is 0 Å². The summed E-state index contributed by atoms with van der Waals surface area (Å²) < 4.78 is 20.2. The first-order valence-electron chi connectivity index (χ1n) is 12.1. The molecule has 1 N–H and O–H groups in total. The van der Waals surface area contributed by atoms with Crippen LogP contribution in [0.3, 0.4) is 0 Å². The van der Waals surface area contributed by atoms with Crippen molar-refractivity contribution in [2.75, 3.05) is 0 Å². The fourth-order valence-electron chi connectivity index (χ4n) is 4.53. The number of hydrogen-bond acceptors (Lipinski definition) is 3. The predicted molar refractivity (Wildman–Crippen MR) is 140 cm³/mol. The second-order valence-corrected chi connectivity index (χ2v) is 9.34. The second kappa shape index (κ2) is 10.8. The highest BCUT2D eigenvalue weighted by molar-refractivity contribution is 5.74. The van der Waals surface area contributed by atoms with Crippen LogP contribution in [0, 0.1) is 5.82 Å². The molecular weight excluding hydrogens is 437 g/mol. The molecule has 4 aromatic rings. The first-order chi connectivity index (χ1) is 16.9. The molecule has 0 radical (unpaired) electrons. The van der Waals surface area contributed by atoms with Gasteiger partial charge in [0.15, 0.2) is 0 Å². The summed E-state index contributed by atoms with van der Waals surface area (Å²) in [6.45, 7) is 8.50. The number of pyridine rings is 1. The van der Waals surface area contributed by atoms with Crippen molar-refractivity contribution in [1.82, 2.24) is 4.98 Å². The van der Waals surface area contributed by atoms with Gasteiger partial charge in [0.05, 0.1) is 12.3 Å². The van der Waals surface area contributed by atoms with Crippen LogP contribution in [-0.4, -0.2) is 10.1 Å². The molecule has 0 aliphatic carbocycles. The highest BCUT2D eigenvalue weighted by atomic mass is 19.1. The van der Waals surface area contributed by atoms with Crippen LogP contribution < -0.4 is 4.74 Å². The van der Waals surface area contributed by atoms with Crippen molar-refractivity contribution in [3.8, 4) is 28.0 Å². The van der Waals surface area contributed by atoms with Crippen LogP contribution >= 0.6 is 0 Å². The van der Waals surface area contributed by atoms with Crippen LogP contribution in [-0.2, 0) is 13.2 Å².